The highest BCUT2D eigenvalue weighted by molar-refractivity contribution is 7.27. The second-order valence-electron chi connectivity index (χ2n) is 13.3. The summed E-state index contributed by atoms with van der Waals surface area (Å²) in [4.78, 5) is 10.8. The third kappa shape index (κ3) is 3.68. The molecular formula is C46H25N3OS. The van der Waals surface area contributed by atoms with Gasteiger partial charge < -0.3 is 4.42 Å². The first-order valence-corrected chi connectivity index (χ1v) is 18.0. The molecule has 12 aromatic rings. The molecule has 0 fully saturated rings. The van der Waals surface area contributed by atoms with E-state index in [-0.39, 0.29) is 0 Å². The smallest absolute Gasteiger partial charge is 0.238 e. The molecule has 0 radical (unpaired) electrons. The molecule has 236 valence electrons. The molecule has 4 nitrogen and oxygen atoms in total. The summed E-state index contributed by atoms with van der Waals surface area (Å²) in [6, 6.07) is 54.1. The Balaban J connectivity index is 1.25. The van der Waals surface area contributed by atoms with Crippen LogP contribution < -0.4 is 0 Å². The molecule has 4 heterocycles. The molecule has 4 aromatic heterocycles. The van der Waals surface area contributed by atoms with E-state index in [4.69, 9.17) is 14.4 Å². The summed E-state index contributed by atoms with van der Waals surface area (Å²) in [6.07, 6.45) is 0. The van der Waals surface area contributed by atoms with Gasteiger partial charge in [0.15, 0.2) is 0 Å². The first-order chi connectivity index (χ1) is 25.3. The lowest BCUT2D eigenvalue weighted by atomic mass is 9.98. The molecular weight excluding hydrogens is 643 g/mol. The van der Waals surface area contributed by atoms with Crippen molar-refractivity contribution >= 4 is 108 Å². The number of nitrogens with zero attached hydrogens (tertiary/aromatic N) is 3. The SMILES string of the molecule is c1ccc2c(c1)ccc1cc(-c3nc(-n4c5ccccc5c5c6c7ccccc7sc6c6ccccc6c54)nc4oc5ccccc5c34)ccc12. The number of para-hydroxylation sites is 2. The van der Waals surface area contributed by atoms with Crippen molar-refractivity contribution in [2.75, 3.05) is 0 Å². The predicted molar refractivity (Wildman–Crippen MR) is 214 cm³/mol. The van der Waals surface area contributed by atoms with Gasteiger partial charge in [0.25, 0.3) is 0 Å². The fraction of sp³-hybridized carbons (Fsp3) is 0. The van der Waals surface area contributed by atoms with Crippen LogP contribution in [-0.2, 0) is 0 Å². The molecule has 8 aromatic carbocycles. The van der Waals surface area contributed by atoms with E-state index in [9.17, 15) is 0 Å². The molecule has 0 aliphatic heterocycles. The zero-order valence-electron chi connectivity index (χ0n) is 27.1. The van der Waals surface area contributed by atoms with Crippen LogP contribution in [0.2, 0.25) is 0 Å². The van der Waals surface area contributed by atoms with Gasteiger partial charge in [0.1, 0.15) is 5.58 Å². The summed E-state index contributed by atoms with van der Waals surface area (Å²) in [5.41, 5.74) is 5.42. The van der Waals surface area contributed by atoms with Gasteiger partial charge in [-0.15, -0.1) is 11.3 Å². The van der Waals surface area contributed by atoms with Gasteiger partial charge in [0.2, 0.25) is 11.7 Å². The van der Waals surface area contributed by atoms with Crippen LogP contribution in [0, 0.1) is 0 Å². The molecule has 0 bridgehead atoms. The molecule has 0 amide bonds. The van der Waals surface area contributed by atoms with Gasteiger partial charge >= 0.3 is 0 Å². The lowest BCUT2D eigenvalue weighted by molar-refractivity contribution is 0.651. The van der Waals surface area contributed by atoms with Gasteiger partial charge in [0, 0.05) is 52.7 Å². The summed E-state index contributed by atoms with van der Waals surface area (Å²) in [7, 11) is 0. The summed E-state index contributed by atoms with van der Waals surface area (Å²) in [5, 5.41) is 14.2. The maximum atomic E-state index is 6.56. The monoisotopic (exact) mass is 667 g/mol. The van der Waals surface area contributed by atoms with E-state index < -0.39 is 0 Å². The molecule has 0 N–H and O–H groups in total. The number of aromatic nitrogens is 3. The number of hydrogen-bond donors (Lipinski definition) is 0. The topological polar surface area (TPSA) is 43.9 Å². The van der Waals surface area contributed by atoms with Crippen molar-refractivity contribution in [3.05, 3.63) is 152 Å². The molecule has 0 spiro atoms. The molecule has 0 saturated carbocycles. The number of rotatable bonds is 2. The van der Waals surface area contributed by atoms with E-state index in [1.807, 2.05) is 23.5 Å². The van der Waals surface area contributed by atoms with Crippen LogP contribution in [0.3, 0.4) is 0 Å². The van der Waals surface area contributed by atoms with Crippen LogP contribution in [0.15, 0.2) is 156 Å². The van der Waals surface area contributed by atoms with E-state index in [1.165, 1.54) is 63.3 Å². The van der Waals surface area contributed by atoms with E-state index in [0.717, 1.165) is 38.6 Å². The third-order valence-electron chi connectivity index (χ3n) is 10.6. The lowest BCUT2D eigenvalue weighted by Gasteiger charge is -2.12. The number of fused-ring (bicyclic) bond motifs is 16. The van der Waals surface area contributed by atoms with Crippen LogP contribution in [0.5, 0.6) is 0 Å². The molecule has 0 aliphatic rings. The molecule has 0 aliphatic carbocycles. The Labute approximate surface area is 294 Å². The van der Waals surface area contributed by atoms with Gasteiger partial charge in [-0.05, 0) is 45.8 Å². The van der Waals surface area contributed by atoms with Crippen molar-refractivity contribution in [1.82, 2.24) is 14.5 Å². The molecule has 0 atom stereocenters. The van der Waals surface area contributed by atoms with Crippen molar-refractivity contribution in [1.29, 1.82) is 0 Å². The van der Waals surface area contributed by atoms with Gasteiger partial charge in [-0.2, -0.15) is 4.98 Å². The van der Waals surface area contributed by atoms with Crippen molar-refractivity contribution in [2.24, 2.45) is 0 Å². The molecule has 12 rings (SSSR count). The first kappa shape index (κ1) is 27.3. The van der Waals surface area contributed by atoms with Gasteiger partial charge in [-0.25, -0.2) is 4.98 Å². The van der Waals surface area contributed by atoms with Crippen LogP contribution >= 0.6 is 11.3 Å². The second kappa shape index (κ2) is 10.0. The Morgan fingerprint density at radius 1 is 0.490 bits per heavy atom. The molecule has 0 unspecified atom stereocenters. The minimum atomic E-state index is 0.576. The Morgan fingerprint density at radius 2 is 1.18 bits per heavy atom. The van der Waals surface area contributed by atoms with E-state index in [0.29, 0.717) is 11.7 Å². The Hall–Kier alpha value is -6.56. The highest BCUT2D eigenvalue weighted by Crippen LogP contribution is 2.48. The van der Waals surface area contributed by atoms with Crippen LogP contribution in [-0.4, -0.2) is 14.5 Å². The first-order valence-electron chi connectivity index (χ1n) is 17.2. The highest BCUT2D eigenvalue weighted by Gasteiger charge is 2.25. The maximum absolute atomic E-state index is 6.56. The van der Waals surface area contributed by atoms with E-state index in [2.05, 4.69) is 144 Å². The zero-order valence-corrected chi connectivity index (χ0v) is 27.9. The summed E-state index contributed by atoms with van der Waals surface area (Å²) < 4.78 is 11.4. The van der Waals surface area contributed by atoms with E-state index in [1.54, 1.807) is 0 Å². The average Bonchev–Trinajstić information content (AvgIpc) is 3.87. The summed E-state index contributed by atoms with van der Waals surface area (Å²) in [5.74, 6) is 0.588. The van der Waals surface area contributed by atoms with Crippen molar-refractivity contribution in [2.45, 2.75) is 0 Å². The van der Waals surface area contributed by atoms with Gasteiger partial charge in [-0.1, -0.05) is 127 Å². The van der Waals surface area contributed by atoms with Crippen LogP contribution in [0.25, 0.3) is 114 Å². The van der Waals surface area contributed by atoms with Crippen LogP contribution in [0.1, 0.15) is 0 Å². The summed E-state index contributed by atoms with van der Waals surface area (Å²) >= 11 is 1.87. The highest BCUT2D eigenvalue weighted by atomic mass is 32.1. The van der Waals surface area contributed by atoms with Crippen molar-refractivity contribution in [3.8, 4) is 17.2 Å². The average molecular weight is 668 g/mol. The standard InChI is InChI=1S/C46H25N3OS/c1-2-12-29-26(11-1)21-22-27-25-28(23-24-30(27)29)42-41-34-16-6-9-19-37(34)50-45(41)48-46(47-42)49-36-18-8-5-15-33(36)39-40-35-17-7-10-20-38(35)51-44(40)32-14-4-3-13-31(32)43(39)49/h1-25H. The van der Waals surface area contributed by atoms with Gasteiger partial charge in [-0.3, -0.25) is 4.57 Å². The van der Waals surface area contributed by atoms with Crippen molar-refractivity contribution in [3.63, 3.8) is 0 Å². The number of furan rings is 1. The lowest BCUT2D eigenvalue weighted by Crippen LogP contribution is -2.03. The molecule has 5 heteroatoms. The second-order valence-corrected chi connectivity index (χ2v) is 14.3. The number of thiophene rings is 1. The minimum Gasteiger partial charge on any atom is -0.437 e. The van der Waals surface area contributed by atoms with Crippen molar-refractivity contribution < 1.29 is 4.42 Å². The fourth-order valence-corrected chi connectivity index (χ4v) is 9.66. The zero-order chi connectivity index (χ0) is 33.2. The fourth-order valence-electron chi connectivity index (χ4n) is 8.41. The predicted octanol–water partition coefficient (Wildman–Crippen LogP) is 13.0. The minimum absolute atomic E-state index is 0.576. The quantitative estimate of drug-likeness (QED) is 0.172. The maximum Gasteiger partial charge on any atom is 0.238 e. The normalized spacial score (nSPS) is 12.3. The number of benzene rings is 8. The Bertz CT molecular complexity index is 3440. The Morgan fingerprint density at radius 3 is 2.08 bits per heavy atom. The number of hydrogen-bond acceptors (Lipinski definition) is 4. The van der Waals surface area contributed by atoms with Crippen LogP contribution in [0.4, 0.5) is 0 Å². The van der Waals surface area contributed by atoms with E-state index >= 15 is 0 Å². The van der Waals surface area contributed by atoms with Gasteiger partial charge in [0.05, 0.1) is 22.1 Å². The molecule has 51 heavy (non-hydrogen) atoms. The largest absolute Gasteiger partial charge is 0.437 e. The summed E-state index contributed by atoms with van der Waals surface area (Å²) in [6.45, 7) is 0. The third-order valence-corrected chi connectivity index (χ3v) is 11.8. The Kier molecular flexibility index (Phi) is 5.35. The molecule has 0 saturated heterocycles.